The predicted octanol–water partition coefficient (Wildman–Crippen LogP) is 4.44. The van der Waals surface area contributed by atoms with Gasteiger partial charge in [-0.05, 0) is 38.0 Å². The van der Waals surface area contributed by atoms with Crippen LogP contribution in [0, 0.1) is 10.8 Å². The first kappa shape index (κ1) is 29.2. The van der Waals surface area contributed by atoms with Gasteiger partial charge in [-0.3, -0.25) is 14.4 Å². The first-order chi connectivity index (χ1) is 14.3. The zero-order valence-electron chi connectivity index (χ0n) is 20.3. The monoisotopic (exact) mass is 442 g/mol. The second kappa shape index (κ2) is 15.1. The zero-order chi connectivity index (χ0) is 23.9. The van der Waals surface area contributed by atoms with Crippen LogP contribution in [0.2, 0.25) is 0 Å². The molecule has 0 aromatic carbocycles. The first-order valence-corrected chi connectivity index (χ1v) is 11.3. The van der Waals surface area contributed by atoms with Gasteiger partial charge in [-0.15, -0.1) is 0 Å². The van der Waals surface area contributed by atoms with Gasteiger partial charge in [0.15, 0.2) is 0 Å². The number of carbonyl (C=O) groups is 4. The van der Waals surface area contributed by atoms with Gasteiger partial charge in [-0.1, -0.05) is 34.6 Å². The van der Waals surface area contributed by atoms with Crippen molar-refractivity contribution in [1.82, 2.24) is 0 Å². The van der Waals surface area contributed by atoms with Crippen molar-refractivity contribution in [2.24, 2.45) is 10.8 Å². The third-order valence-electron chi connectivity index (χ3n) is 5.01. The standard InChI is InChI=1S/C24H42O7/c1-19(25)11-13-24(5,6)14-12-22(28)31-18-16-29-15-17-30-21(27)10-8-7-9-20(26)23(2,3)4/h7-18H2,1-6H3. The minimum atomic E-state index is -0.334. The molecule has 0 amide bonds. The molecule has 0 heterocycles. The number of ether oxygens (including phenoxy) is 3. The molecule has 0 rings (SSSR count). The second-order valence-electron chi connectivity index (χ2n) is 9.80. The molecule has 0 fully saturated rings. The summed E-state index contributed by atoms with van der Waals surface area (Å²) < 4.78 is 15.5. The van der Waals surface area contributed by atoms with E-state index < -0.39 is 0 Å². The highest BCUT2D eigenvalue weighted by molar-refractivity contribution is 5.83. The van der Waals surface area contributed by atoms with Crippen molar-refractivity contribution in [3.05, 3.63) is 0 Å². The number of Topliss-reactive ketones (excluding diaryl/α,β-unsaturated/α-hetero) is 2. The Hall–Kier alpha value is -1.76. The Morgan fingerprint density at radius 2 is 1.13 bits per heavy atom. The lowest BCUT2D eigenvalue weighted by molar-refractivity contribution is -0.147. The van der Waals surface area contributed by atoms with E-state index in [0.717, 1.165) is 6.42 Å². The van der Waals surface area contributed by atoms with Crippen molar-refractivity contribution in [3.8, 4) is 0 Å². The minimum Gasteiger partial charge on any atom is -0.463 e. The van der Waals surface area contributed by atoms with Crippen molar-refractivity contribution in [1.29, 1.82) is 0 Å². The molecule has 31 heavy (non-hydrogen) atoms. The topological polar surface area (TPSA) is 96.0 Å². The van der Waals surface area contributed by atoms with Crippen LogP contribution in [0.5, 0.6) is 0 Å². The van der Waals surface area contributed by atoms with E-state index in [-0.39, 0.29) is 67.2 Å². The van der Waals surface area contributed by atoms with E-state index in [1.165, 1.54) is 0 Å². The fourth-order valence-corrected chi connectivity index (χ4v) is 2.69. The van der Waals surface area contributed by atoms with Crippen LogP contribution in [0.3, 0.4) is 0 Å². The summed E-state index contributed by atoms with van der Waals surface area (Å²) in [6.07, 6.45) is 4.34. The molecule has 0 saturated heterocycles. The van der Waals surface area contributed by atoms with Crippen LogP contribution in [0.1, 0.15) is 92.9 Å². The number of rotatable bonds is 17. The molecule has 0 aliphatic rings. The van der Waals surface area contributed by atoms with Gasteiger partial charge in [-0.25, -0.2) is 0 Å². The minimum absolute atomic E-state index is 0.0762. The molecular weight excluding hydrogens is 400 g/mol. The van der Waals surface area contributed by atoms with Gasteiger partial charge < -0.3 is 19.0 Å². The predicted molar refractivity (Wildman–Crippen MR) is 119 cm³/mol. The summed E-state index contributed by atoms with van der Waals surface area (Å²) in [5.74, 6) is -0.223. The number of esters is 2. The Kier molecular flexibility index (Phi) is 14.3. The van der Waals surface area contributed by atoms with E-state index in [2.05, 4.69) is 0 Å². The average Bonchev–Trinajstić information content (AvgIpc) is 2.66. The van der Waals surface area contributed by atoms with Crippen LogP contribution in [0.4, 0.5) is 0 Å². The van der Waals surface area contributed by atoms with Gasteiger partial charge in [0.1, 0.15) is 24.8 Å². The quantitative estimate of drug-likeness (QED) is 0.243. The van der Waals surface area contributed by atoms with Crippen molar-refractivity contribution in [3.63, 3.8) is 0 Å². The normalized spacial score (nSPS) is 11.8. The third-order valence-corrected chi connectivity index (χ3v) is 5.01. The van der Waals surface area contributed by atoms with E-state index in [1.54, 1.807) is 6.92 Å². The zero-order valence-corrected chi connectivity index (χ0v) is 20.3. The maximum Gasteiger partial charge on any atom is 0.305 e. The molecule has 0 aliphatic heterocycles. The lowest BCUT2D eigenvalue weighted by Gasteiger charge is -2.23. The molecule has 180 valence electrons. The number of hydrogen-bond acceptors (Lipinski definition) is 7. The van der Waals surface area contributed by atoms with Gasteiger partial charge in [0.05, 0.1) is 13.2 Å². The molecule has 0 aromatic heterocycles. The molecule has 0 aromatic rings. The van der Waals surface area contributed by atoms with Crippen molar-refractivity contribution in [2.45, 2.75) is 92.9 Å². The van der Waals surface area contributed by atoms with Gasteiger partial charge >= 0.3 is 11.9 Å². The summed E-state index contributed by atoms with van der Waals surface area (Å²) in [5.41, 5.74) is -0.410. The highest BCUT2D eigenvalue weighted by atomic mass is 16.6. The molecule has 7 heteroatoms. The van der Waals surface area contributed by atoms with E-state index >= 15 is 0 Å². The van der Waals surface area contributed by atoms with Gasteiger partial charge in [0.25, 0.3) is 0 Å². The molecule has 0 N–H and O–H groups in total. The highest BCUT2D eigenvalue weighted by Crippen LogP contribution is 2.28. The van der Waals surface area contributed by atoms with Crippen molar-refractivity contribution < 1.29 is 33.4 Å². The first-order valence-electron chi connectivity index (χ1n) is 11.3. The smallest absolute Gasteiger partial charge is 0.305 e. The van der Waals surface area contributed by atoms with Gasteiger partial charge in [0, 0.05) is 31.1 Å². The summed E-state index contributed by atoms with van der Waals surface area (Å²) in [7, 11) is 0. The van der Waals surface area contributed by atoms with E-state index in [9.17, 15) is 19.2 Å². The van der Waals surface area contributed by atoms with E-state index in [1.807, 2.05) is 34.6 Å². The van der Waals surface area contributed by atoms with Crippen molar-refractivity contribution in [2.75, 3.05) is 26.4 Å². The molecule has 0 unspecified atom stereocenters. The SMILES string of the molecule is CC(=O)CCC(C)(C)CCC(=O)OCCOCCOC(=O)CCCCC(=O)C(C)(C)C. The molecule has 0 radical (unpaired) electrons. The summed E-state index contributed by atoms with van der Waals surface area (Å²) in [5, 5.41) is 0. The largest absolute Gasteiger partial charge is 0.463 e. The van der Waals surface area contributed by atoms with Crippen LogP contribution in [-0.2, 0) is 33.4 Å². The third kappa shape index (κ3) is 17.6. The van der Waals surface area contributed by atoms with Crippen LogP contribution in [-0.4, -0.2) is 49.9 Å². The van der Waals surface area contributed by atoms with Crippen LogP contribution < -0.4 is 0 Å². The maximum atomic E-state index is 11.8. The van der Waals surface area contributed by atoms with Gasteiger partial charge in [-0.2, -0.15) is 0 Å². The highest BCUT2D eigenvalue weighted by Gasteiger charge is 2.21. The Morgan fingerprint density at radius 3 is 1.65 bits per heavy atom. The number of carbonyl (C=O) groups excluding carboxylic acids is 4. The maximum absolute atomic E-state index is 11.8. The Morgan fingerprint density at radius 1 is 0.645 bits per heavy atom. The summed E-state index contributed by atoms with van der Waals surface area (Å²) in [4.78, 5) is 46.3. The molecule has 0 spiro atoms. The van der Waals surface area contributed by atoms with Crippen LogP contribution in [0.25, 0.3) is 0 Å². The second-order valence-corrected chi connectivity index (χ2v) is 9.80. The van der Waals surface area contributed by atoms with E-state index in [4.69, 9.17) is 14.2 Å². The number of ketones is 2. The fraction of sp³-hybridized carbons (Fsp3) is 0.833. The lowest BCUT2D eigenvalue weighted by atomic mass is 9.83. The fourth-order valence-electron chi connectivity index (χ4n) is 2.69. The van der Waals surface area contributed by atoms with Crippen molar-refractivity contribution >= 4 is 23.5 Å². The molecule has 7 nitrogen and oxygen atoms in total. The lowest BCUT2D eigenvalue weighted by Crippen LogP contribution is -2.19. The average molecular weight is 443 g/mol. The Labute approximate surface area is 187 Å². The van der Waals surface area contributed by atoms with E-state index in [0.29, 0.717) is 38.5 Å². The number of unbranched alkanes of at least 4 members (excludes halogenated alkanes) is 1. The summed E-state index contributed by atoms with van der Waals surface area (Å²) in [6.45, 7) is 12.1. The van der Waals surface area contributed by atoms with Gasteiger partial charge in [0.2, 0.25) is 0 Å². The Bertz CT molecular complexity index is 573. The summed E-state index contributed by atoms with van der Waals surface area (Å²) in [6, 6.07) is 0. The molecule has 0 atom stereocenters. The molecular formula is C24H42O7. The molecule has 0 saturated carbocycles. The van der Waals surface area contributed by atoms with Crippen LogP contribution >= 0.6 is 0 Å². The Balaban J connectivity index is 3.63. The van der Waals surface area contributed by atoms with Crippen LogP contribution in [0.15, 0.2) is 0 Å². The summed E-state index contributed by atoms with van der Waals surface area (Å²) >= 11 is 0. The molecule has 0 aliphatic carbocycles. The molecule has 0 bridgehead atoms. The number of hydrogen-bond donors (Lipinski definition) is 0.